The number of aromatic nitrogens is 2. The molecule has 0 amide bonds. The van der Waals surface area contributed by atoms with E-state index in [0.29, 0.717) is 0 Å². The van der Waals surface area contributed by atoms with E-state index in [1.165, 1.54) is 6.42 Å². The monoisotopic (exact) mass is 222 g/mol. The Kier molecular flexibility index (Phi) is 5.19. The third kappa shape index (κ3) is 3.77. The number of hydrogen-bond donors (Lipinski definition) is 1. The molecule has 4 nitrogen and oxygen atoms in total. The molecule has 0 aliphatic rings. The lowest BCUT2D eigenvalue weighted by Crippen LogP contribution is -2.21. The predicted octanol–water partition coefficient (Wildman–Crippen LogP) is 1.66. The van der Waals surface area contributed by atoms with E-state index in [1.54, 1.807) is 6.20 Å². The predicted molar refractivity (Wildman–Crippen MR) is 67.7 cm³/mol. The molecule has 0 aliphatic carbocycles. The van der Waals surface area contributed by atoms with Gasteiger partial charge in [-0.3, -0.25) is 4.98 Å². The first kappa shape index (κ1) is 12.9. The highest BCUT2D eigenvalue weighted by Crippen LogP contribution is 2.14. The van der Waals surface area contributed by atoms with Crippen LogP contribution in [-0.2, 0) is 0 Å². The van der Waals surface area contributed by atoms with Crippen molar-refractivity contribution < 1.29 is 0 Å². The van der Waals surface area contributed by atoms with E-state index in [9.17, 15) is 0 Å². The minimum Gasteiger partial charge on any atom is -0.358 e. The van der Waals surface area contributed by atoms with Gasteiger partial charge >= 0.3 is 0 Å². The van der Waals surface area contributed by atoms with Crippen molar-refractivity contribution in [2.45, 2.75) is 33.1 Å². The fourth-order valence-corrected chi connectivity index (χ4v) is 1.66. The lowest BCUT2D eigenvalue weighted by molar-refractivity contribution is 0.674. The molecule has 1 aromatic rings. The minimum absolute atomic E-state index is 0.785. The zero-order valence-corrected chi connectivity index (χ0v) is 10.5. The zero-order valence-electron chi connectivity index (χ0n) is 10.5. The summed E-state index contributed by atoms with van der Waals surface area (Å²) >= 11 is 0. The summed E-state index contributed by atoms with van der Waals surface area (Å²) in [6, 6.07) is 0. The third-order valence-corrected chi connectivity index (χ3v) is 2.61. The largest absolute Gasteiger partial charge is 0.358 e. The van der Waals surface area contributed by atoms with Crippen LogP contribution in [0, 0.1) is 13.8 Å². The molecule has 0 aromatic carbocycles. The smallest absolute Gasteiger partial charge is 0.150 e. The number of hydrogen-bond acceptors (Lipinski definition) is 4. The van der Waals surface area contributed by atoms with E-state index in [-0.39, 0.29) is 0 Å². The fraction of sp³-hybridized carbons (Fsp3) is 0.667. The van der Waals surface area contributed by atoms with E-state index in [4.69, 9.17) is 5.73 Å². The Morgan fingerprint density at radius 1 is 1.25 bits per heavy atom. The summed E-state index contributed by atoms with van der Waals surface area (Å²) < 4.78 is 0. The summed E-state index contributed by atoms with van der Waals surface area (Å²) in [6.45, 7) is 5.77. The van der Waals surface area contributed by atoms with Crippen LogP contribution >= 0.6 is 0 Å². The van der Waals surface area contributed by atoms with Crippen LogP contribution in [-0.4, -0.2) is 30.1 Å². The van der Waals surface area contributed by atoms with E-state index in [2.05, 4.69) is 21.9 Å². The number of aryl methyl sites for hydroxylation is 2. The lowest BCUT2D eigenvalue weighted by atomic mass is 10.2. The molecule has 1 aromatic heterocycles. The van der Waals surface area contributed by atoms with Gasteiger partial charge in [-0.05, 0) is 33.2 Å². The third-order valence-electron chi connectivity index (χ3n) is 2.61. The van der Waals surface area contributed by atoms with E-state index < -0.39 is 0 Å². The SMILES string of the molecule is Cc1cnc(C)c(N(C)CCCCCN)n1. The number of rotatable bonds is 6. The summed E-state index contributed by atoms with van der Waals surface area (Å²) in [4.78, 5) is 11.0. The fourth-order valence-electron chi connectivity index (χ4n) is 1.66. The van der Waals surface area contributed by atoms with Gasteiger partial charge in [0.2, 0.25) is 0 Å². The van der Waals surface area contributed by atoms with E-state index in [0.717, 1.165) is 43.1 Å². The van der Waals surface area contributed by atoms with Crippen LogP contribution < -0.4 is 10.6 Å². The van der Waals surface area contributed by atoms with Crippen molar-refractivity contribution in [1.29, 1.82) is 0 Å². The zero-order chi connectivity index (χ0) is 12.0. The summed E-state index contributed by atoms with van der Waals surface area (Å²) in [5.41, 5.74) is 7.42. The average Bonchev–Trinajstić information content (AvgIpc) is 2.27. The molecule has 0 fully saturated rings. The topological polar surface area (TPSA) is 55.0 Å². The first-order valence-corrected chi connectivity index (χ1v) is 5.86. The molecule has 16 heavy (non-hydrogen) atoms. The number of anilines is 1. The van der Waals surface area contributed by atoms with Gasteiger partial charge in [0.25, 0.3) is 0 Å². The molecule has 0 radical (unpaired) electrons. The average molecular weight is 222 g/mol. The van der Waals surface area contributed by atoms with Gasteiger partial charge in [0.05, 0.1) is 11.4 Å². The van der Waals surface area contributed by atoms with Crippen molar-refractivity contribution in [3.63, 3.8) is 0 Å². The van der Waals surface area contributed by atoms with E-state index in [1.807, 2.05) is 13.8 Å². The molecule has 1 heterocycles. The highest BCUT2D eigenvalue weighted by molar-refractivity contribution is 5.42. The highest BCUT2D eigenvalue weighted by Gasteiger charge is 2.07. The number of unbranched alkanes of at least 4 members (excludes halogenated alkanes) is 2. The van der Waals surface area contributed by atoms with Crippen LogP contribution in [0.5, 0.6) is 0 Å². The summed E-state index contributed by atoms with van der Waals surface area (Å²) in [5, 5.41) is 0. The van der Waals surface area contributed by atoms with Crippen LogP contribution in [0.2, 0.25) is 0 Å². The first-order valence-electron chi connectivity index (χ1n) is 5.86. The van der Waals surface area contributed by atoms with Crippen molar-refractivity contribution >= 4 is 5.82 Å². The van der Waals surface area contributed by atoms with Gasteiger partial charge in [0.15, 0.2) is 0 Å². The summed E-state index contributed by atoms with van der Waals surface area (Å²) in [6.07, 6.45) is 5.25. The Balaban J connectivity index is 2.51. The van der Waals surface area contributed by atoms with Crippen LogP contribution in [0.15, 0.2) is 6.20 Å². The summed E-state index contributed by atoms with van der Waals surface area (Å²) in [7, 11) is 2.07. The van der Waals surface area contributed by atoms with Crippen molar-refractivity contribution in [3.05, 3.63) is 17.6 Å². The minimum atomic E-state index is 0.785. The van der Waals surface area contributed by atoms with Crippen LogP contribution in [0.4, 0.5) is 5.82 Å². The Bertz CT molecular complexity index is 325. The van der Waals surface area contributed by atoms with Gasteiger partial charge in [-0.2, -0.15) is 0 Å². The molecule has 90 valence electrons. The van der Waals surface area contributed by atoms with E-state index >= 15 is 0 Å². The lowest BCUT2D eigenvalue weighted by Gasteiger charge is -2.19. The molecule has 0 saturated carbocycles. The molecule has 0 unspecified atom stereocenters. The van der Waals surface area contributed by atoms with Crippen LogP contribution in [0.25, 0.3) is 0 Å². The Morgan fingerprint density at radius 3 is 2.69 bits per heavy atom. The molecule has 4 heteroatoms. The van der Waals surface area contributed by atoms with Crippen molar-refractivity contribution in [2.24, 2.45) is 5.73 Å². The van der Waals surface area contributed by atoms with Gasteiger partial charge in [0.1, 0.15) is 5.82 Å². The Hall–Kier alpha value is -1.16. The molecule has 0 saturated heterocycles. The van der Waals surface area contributed by atoms with Crippen LogP contribution in [0.1, 0.15) is 30.7 Å². The van der Waals surface area contributed by atoms with Crippen molar-refractivity contribution in [3.8, 4) is 0 Å². The molecule has 0 aliphatic heterocycles. The highest BCUT2D eigenvalue weighted by atomic mass is 15.2. The van der Waals surface area contributed by atoms with Crippen molar-refractivity contribution in [2.75, 3.05) is 25.0 Å². The maximum atomic E-state index is 5.46. The second kappa shape index (κ2) is 6.43. The number of nitrogens with zero attached hydrogens (tertiary/aromatic N) is 3. The second-order valence-electron chi connectivity index (χ2n) is 4.19. The maximum Gasteiger partial charge on any atom is 0.150 e. The Morgan fingerprint density at radius 2 is 2.00 bits per heavy atom. The first-order chi connectivity index (χ1) is 7.65. The molecular formula is C12H22N4. The molecule has 0 atom stereocenters. The quantitative estimate of drug-likeness (QED) is 0.744. The summed E-state index contributed by atoms with van der Waals surface area (Å²) in [5.74, 6) is 0.993. The maximum absolute atomic E-state index is 5.46. The second-order valence-corrected chi connectivity index (χ2v) is 4.19. The van der Waals surface area contributed by atoms with Gasteiger partial charge in [-0.1, -0.05) is 6.42 Å². The molecule has 0 bridgehead atoms. The molecule has 2 N–H and O–H groups in total. The van der Waals surface area contributed by atoms with Crippen molar-refractivity contribution in [1.82, 2.24) is 9.97 Å². The van der Waals surface area contributed by atoms with Crippen LogP contribution in [0.3, 0.4) is 0 Å². The van der Waals surface area contributed by atoms with Gasteiger partial charge in [-0.15, -0.1) is 0 Å². The molecule has 1 rings (SSSR count). The normalized spacial score (nSPS) is 10.5. The van der Waals surface area contributed by atoms with Gasteiger partial charge < -0.3 is 10.6 Å². The Labute approximate surface area is 97.9 Å². The molecular weight excluding hydrogens is 200 g/mol. The number of nitrogens with two attached hydrogens (primary N) is 1. The van der Waals surface area contributed by atoms with Gasteiger partial charge in [-0.25, -0.2) is 4.98 Å². The molecule has 0 spiro atoms. The van der Waals surface area contributed by atoms with Gasteiger partial charge in [0, 0.05) is 19.8 Å². The standard InChI is InChI=1S/C12H22N4/c1-10-9-14-11(2)12(15-10)16(3)8-6-4-5-7-13/h9H,4-8,13H2,1-3H3.